The molecule has 3 rings (SSSR count). The SMILES string of the molecule is Cc1[nH]c2ccccc2c1C(=O)NCC(C)(O)c1ccc(F)cc1. The Kier molecular flexibility index (Phi) is 4.11. The summed E-state index contributed by atoms with van der Waals surface area (Å²) < 4.78 is 13.0. The molecule has 1 amide bonds. The van der Waals surface area contributed by atoms with E-state index in [2.05, 4.69) is 10.3 Å². The molecule has 24 heavy (non-hydrogen) atoms. The maximum absolute atomic E-state index is 13.0. The average Bonchev–Trinajstić information content (AvgIpc) is 2.89. The van der Waals surface area contributed by atoms with E-state index in [1.165, 1.54) is 24.3 Å². The van der Waals surface area contributed by atoms with Gasteiger partial charge in [0.05, 0.1) is 12.1 Å². The van der Waals surface area contributed by atoms with Gasteiger partial charge in [0.1, 0.15) is 11.4 Å². The topological polar surface area (TPSA) is 65.1 Å². The van der Waals surface area contributed by atoms with Crippen molar-refractivity contribution < 1.29 is 14.3 Å². The number of carbonyl (C=O) groups is 1. The number of hydrogen-bond acceptors (Lipinski definition) is 2. The molecule has 5 heteroatoms. The van der Waals surface area contributed by atoms with E-state index < -0.39 is 5.60 Å². The second kappa shape index (κ2) is 6.09. The summed E-state index contributed by atoms with van der Waals surface area (Å²) in [7, 11) is 0. The minimum absolute atomic E-state index is 0.0242. The molecular formula is C19H19FN2O2. The monoisotopic (exact) mass is 326 g/mol. The zero-order valence-electron chi connectivity index (χ0n) is 13.6. The first-order valence-electron chi connectivity index (χ1n) is 7.72. The van der Waals surface area contributed by atoms with Crippen molar-refractivity contribution in [2.75, 3.05) is 6.54 Å². The number of H-pyrrole nitrogens is 1. The van der Waals surface area contributed by atoms with Crippen molar-refractivity contribution in [2.24, 2.45) is 0 Å². The highest BCUT2D eigenvalue weighted by molar-refractivity contribution is 6.08. The van der Waals surface area contributed by atoms with Gasteiger partial charge in [-0.2, -0.15) is 0 Å². The van der Waals surface area contributed by atoms with Crippen molar-refractivity contribution >= 4 is 16.8 Å². The van der Waals surface area contributed by atoms with E-state index in [1.54, 1.807) is 6.92 Å². The average molecular weight is 326 g/mol. The molecule has 3 aromatic rings. The molecule has 0 fully saturated rings. The van der Waals surface area contributed by atoms with Gasteiger partial charge in [-0.1, -0.05) is 30.3 Å². The standard InChI is InChI=1S/C19H19FN2O2/c1-12-17(15-5-3-4-6-16(15)22-12)18(23)21-11-19(2,24)13-7-9-14(20)10-8-13/h3-10,22,24H,11H2,1-2H3,(H,21,23). The quantitative estimate of drug-likeness (QED) is 0.689. The van der Waals surface area contributed by atoms with Crippen LogP contribution in [-0.4, -0.2) is 22.5 Å². The summed E-state index contributed by atoms with van der Waals surface area (Å²) in [6, 6.07) is 13.2. The highest BCUT2D eigenvalue weighted by Gasteiger charge is 2.25. The summed E-state index contributed by atoms with van der Waals surface area (Å²) in [6.07, 6.45) is 0. The predicted octanol–water partition coefficient (Wildman–Crippen LogP) is 3.25. The lowest BCUT2D eigenvalue weighted by atomic mass is 9.96. The number of aryl methyl sites for hydroxylation is 1. The van der Waals surface area contributed by atoms with E-state index in [0.717, 1.165) is 16.6 Å². The van der Waals surface area contributed by atoms with Crippen LogP contribution in [0.4, 0.5) is 4.39 Å². The molecule has 1 unspecified atom stereocenters. The Labute approximate surface area is 139 Å². The molecule has 0 saturated heterocycles. The van der Waals surface area contributed by atoms with Gasteiger partial charge in [0.2, 0.25) is 0 Å². The first-order chi connectivity index (χ1) is 11.4. The molecule has 1 heterocycles. The maximum atomic E-state index is 13.0. The van der Waals surface area contributed by atoms with Gasteiger partial charge >= 0.3 is 0 Å². The minimum atomic E-state index is -1.29. The third kappa shape index (κ3) is 3.03. The second-order valence-corrected chi connectivity index (χ2v) is 6.13. The van der Waals surface area contributed by atoms with Gasteiger partial charge in [-0.05, 0) is 37.6 Å². The van der Waals surface area contributed by atoms with E-state index in [4.69, 9.17) is 0 Å². The highest BCUT2D eigenvalue weighted by atomic mass is 19.1. The zero-order chi connectivity index (χ0) is 17.3. The van der Waals surface area contributed by atoms with E-state index >= 15 is 0 Å². The molecule has 0 aliphatic carbocycles. The molecule has 0 aliphatic rings. The lowest BCUT2D eigenvalue weighted by molar-refractivity contribution is 0.0526. The number of benzene rings is 2. The Morgan fingerprint density at radius 1 is 1.21 bits per heavy atom. The third-order valence-electron chi connectivity index (χ3n) is 4.18. The zero-order valence-corrected chi connectivity index (χ0v) is 13.6. The number of amides is 1. The van der Waals surface area contributed by atoms with Crippen molar-refractivity contribution in [3.63, 3.8) is 0 Å². The predicted molar refractivity (Wildman–Crippen MR) is 91.3 cm³/mol. The van der Waals surface area contributed by atoms with Gasteiger partial charge in [-0.15, -0.1) is 0 Å². The smallest absolute Gasteiger partial charge is 0.253 e. The van der Waals surface area contributed by atoms with E-state index in [-0.39, 0.29) is 18.3 Å². The van der Waals surface area contributed by atoms with Crippen LogP contribution < -0.4 is 5.32 Å². The van der Waals surface area contributed by atoms with E-state index in [0.29, 0.717) is 11.1 Å². The Bertz CT molecular complexity index is 882. The van der Waals surface area contributed by atoms with Crippen LogP contribution >= 0.6 is 0 Å². The van der Waals surface area contributed by atoms with Crippen LogP contribution in [0.25, 0.3) is 10.9 Å². The summed E-state index contributed by atoms with van der Waals surface area (Å²) in [5.74, 6) is -0.625. The number of aliphatic hydroxyl groups is 1. The summed E-state index contributed by atoms with van der Waals surface area (Å²) in [5, 5.41) is 14.2. The number of nitrogens with one attached hydrogen (secondary N) is 2. The van der Waals surface area contributed by atoms with Gasteiger partial charge < -0.3 is 15.4 Å². The molecule has 1 aromatic heterocycles. The summed E-state index contributed by atoms with van der Waals surface area (Å²) >= 11 is 0. The minimum Gasteiger partial charge on any atom is -0.384 e. The number of rotatable bonds is 4. The fourth-order valence-electron chi connectivity index (χ4n) is 2.82. The normalized spacial score (nSPS) is 13.7. The van der Waals surface area contributed by atoms with Gasteiger partial charge in [-0.25, -0.2) is 4.39 Å². The largest absolute Gasteiger partial charge is 0.384 e. The van der Waals surface area contributed by atoms with Gasteiger partial charge in [0.15, 0.2) is 0 Å². The molecular weight excluding hydrogens is 307 g/mol. The highest BCUT2D eigenvalue weighted by Crippen LogP contribution is 2.23. The Morgan fingerprint density at radius 3 is 2.58 bits per heavy atom. The number of aromatic amines is 1. The molecule has 4 nitrogen and oxygen atoms in total. The fraction of sp³-hybridized carbons (Fsp3) is 0.211. The number of para-hydroxylation sites is 1. The van der Waals surface area contributed by atoms with Crippen LogP contribution in [0.5, 0.6) is 0 Å². The molecule has 0 saturated carbocycles. The number of carbonyl (C=O) groups excluding carboxylic acids is 1. The Balaban J connectivity index is 1.79. The number of halogens is 1. The summed E-state index contributed by atoms with van der Waals surface area (Å²) in [4.78, 5) is 15.7. The molecule has 124 valence electrons. The van der Waals surface area contributed by atoms with Crippen LogP contribution in [0.1, 0.15) is 28.5 Å². The molecule has 0 aliphatic heterocycles. The summed E-state index contributed by atoms with van der Waals surface area (Å²) in [6.45, 7) is 3.45. The molecule has 0 radical (unpaired) electrons. The van der Waals surface area contributed by atoms with E-state index in [9.17, 15) is 14.3 Å². The first kappa shape index (κ1) is 16.2. The molecule has 1 atom stereocenters. The Hall–Kier alpha value is -2.66. The van der Waals surface area contributed by atoms with Crippen molar-refractivity contribution in [3.8, 4) is 0 Å². The van der Waals surface area contributed by atoms with Gasteiger partial charge in [-0.3, -0.25) is 4.79 Å². The van der Waals surface area contributed by atoms with Crippen LogP contribution in [-0.2, 0) is 5.60 Å². The van der Waals surface area contributed by atoms with Crippen LogP contribution in [0.3, 0.4) is 0 Å². The van der Waals surface area contributed by atoms with Crippen molar-refractivity contribution in [1.82, 2.24) is 10.3 Å². The van der Waals surface area contributed by atoms with Crippen molar-refractivity contribution in [1.29, 1.82) is 0 Å². The van der Waals surface area contributed by atoms with Crippen molar-refractivity contribution in [3.05, 3.63) is 71.2 Å². The van der Waals surface area contributed by atoms with Crippen LogP contribution in [0, 0.1) is 12.7 Å². The molecule has 0 bridgehead atoms. The van der Waals surface area contributed by atoms with Crippen LogP contribution in [0.15, 0.2) is 48.5 Å². The Morgan fingerprint density at radius 2 is 1.88 bits per heavy atom. The van der Waals surface area contributed by atoms with Gasteiger partial charge in [0.25, 0.3) is 5.91 Å². The van der Waals surface area contributed by atoms with Crippen LogP contribution in [0.2, 0.25) is 0 Å². The molecule has 2 aromatic carbocycles. The maximum Gasteiger partial charge on any atom is 0.253 e. The summed E-state index contributed by atoms with van der Waals surface area (Å²) in [5.41, 5.74) is 1.49. The van der Waals surface area contributed by atoms with Gasteiger partial charge in [0, 0.05) is 16.6 Å². The lowest BCUT2D eigenvalue weighted by Crippen LogP contribution is -2.38. The lowest BCUT2D eigenvalue weighted by Gasteiger charge is -2.24. The molecule has 0 spiro atoms. The second-order valence-electron chi connectivity index (χ2n) is 6.13. The first-order valence-corrected chi connectivity index (χ1v) is 7.72. The number of aromatic nitrogens is 1. The third-order valence-corrected chi connectivity index (χ3v) is 4.18. The number of hydrogen-bond donors (Lipinski definition) is 3. The van der Waals surface area contributed by atoms with E-state index in [1.807, 2.05) is 31.2 Å². The molecule has 3 N–H and O–H groups in total. The van der Waals surface area contributed by atoms with Crippen molar-refractivity contribution in [2.45, 2.75) is 19.4 Å². The fourth-order valence-corrected chi connectivity index (χ4v) is 2.82. The number of fused-ring (bicyclic) bond motifs is 1.